The molecule has 7 rings (SSSR count). The Hall–Kier alpha value is -4.59. The number of carbonyl (C=O) groups is 1. The zero-order valence-electron chi connectivity index (χ0n) is 36.1. The van der Waals surface area contributed by atoms with Crippen LogP contribution in [0.5, 0.6) is 5.75 Å². The molecule has 60 heavy (non-hydrogen) atoms. The van der Waals surface area contributed by atoms with E-state index in [-0.39, 0.29) is 19.8 Å². The molecule has 0 radical (unpaired) electrons. The van der Waals surface area contributed by atoms with Crippen molar-refractivity contribution >= 4 is 5.97 Å². The highest BCUT2D eigenvalue weighted by Crippen LogP contribution is 2.43. The molecule has 6 heteroatoms. The smallest absolute Gasteiger partial charge is 0.344 e. The average Bonchev–Trinajstić information content (AvgIpc) is 3.28. The molecule has 2 aliphatic rings. The lowest BCUT2D eigenvalue weighted by molar-refractivity contribution is 0.0250. The molecule has 0 atom stereocenters. The van der Waals surface area contributed by atoms with Gasteiger partial charge in [-0.3, -0.25) is 0 Å². The van der Waals surface area contributed by atoms with Crippen LogP contribution < -0.4 is 4.74 Å². The molecule has 0 amide bonds. The second-order valence-electron chi connectivity index (χ2n) is 17.4. The summed E-state index contributed by atoms with van der Waals surface area (Å²) in [5, 5.41) is 32.5. The van der Waals surface area contributed by atoms with E-state index in [0.717, 1.165) is 114 Å². The lowest BCUT2D eigenvalue weighted by atomic mass is 9.77. The third-order valence-electron chi connectivity index (χ3n) is 13.3. The molecule has 2 saturated carbocycles. The van der Waals surface area contributed by atoms with E-state index in [2.05, 4.69) is 69.3 Å². The van der Waals surface area contributed by atoms with Crippen molar-refractivity contribution in [2.24, 2.45) is 5.92 Å². The lowest BCUT2D eigenvalue weighted by Crippen LogP contribution is -2.21. The van der Waals surface area contributed by atoms with Gasteiger partial charge in [0.2, 0.25) is 0 Å². The fraction of sp³-hybridized carbons (Fsp3) is 0.426. The van der Waals surface area contributed by atoms with Gasteiger partial charge >= 0.3 is 5.97 Å². The quantitative estimate of drug-likeness (QED) is 0.0720. The highest BCUT2D eigenvalue weighted by molar-refractivity contribution is 6.02. The molecule has 5 aromatic rings. The van der Waals surface area contributed by atoms with Crippen molar-refractivity contribution in [2.75, 3.05) is 6.61 Å². The van der Waals surface area contributed by atoms with Gasteiger partial charge < -0.3 is 24.8 Å². The summed E-state index contributed by atoms with van der Waals surface area (Å²) < 4.78 is 12.2. The number of ether oxygens (including phenoxy) is 2. The molecule has 0 spiro atoms. The Labute approximate surface area is 357 Å². The van der Waals surface area contributed by atoms with Crippen LogP contribution in [-0.2, 0) is 31.0 Å². The van der Waals surface area contributed by atoms with E-state index in [1.807, 2.05) is 49.4 Å². The molecule has 0 aromatic heterocycles. The van der Waals surface area contributed by atoms with E-state index in [4.69, 9.17) is 9.47 Å². The van der Waals surface area contributed by atoms with Crippen molar-refractivity contribution in [3.05, 3.63) is 136 Å². The Bertz CT molecular complexity index is 2210. The number of carbonyl (C=O) groups excluding carboxylic acids is 1. The van der Waals surface area contributed by atoms with Crippen LogP contribution in [0.4, 0.5) is 0 Å². The van der Waals surface area contributed by atoms with Gasteiger partial charge in [-0.25, -0.2) is 4.79 Å². The first-order valence-electron chi connectivity index (χ1n) is 22.5. The summed E-state index contributed by atoms with van der Waals surface area (Å²) in [6.07, 6.45) is 12.0. The van der Waals surface area contributed by atoms with E-state index in [1.165, 1.54) is 24.0 Å². The molecule has 0 unspecified atom stereocenters. The van der Waals surface area contributed by atoms with Gasteiger partial charge in [0.15, 0.2) is 0 Å². The maximum Gasteiger partial charge on any atom is 0.344 e. The predicted octanol–water partition coefficient (Wildman–Crippen LogP) is 12.4. The van der Waals surface area contributed by atoms with Gasteiger partial charge in [0.1, 0.15) is 5.75 Å². The molecule has 2 fully saturated rings. The number of benzene rings is 5. The Kier molecular flexibility index (Phi) is 14.7. The fourth-order valence-electron chi connectivity index (χ4n) is 9.88. The molecule has 0 aliphatic heterocycles. The summed E-state index contributed by atoms with van der Waals surface area (Å²) >= 11 is 0. The molecule has 3 N–H and O–H groups in total. The van der Waals surface area contributed by atoms with Crippen LogP contribution in [0.3, 0.4) is 0 Å². The normalized spacial score (nSPS) is 19.3. The largest absolute Gasteiger partial charge is 0.423 e. The zero-order chi connectivity index (χ0) is 42.2. The number of hydrogen-bond donors (Lipinski definition) is 3. The highest BCUT2D eigenvalue weighted by Gasteiger charge is 2.28. The van der Waals surface area contributed by atoms with Crippen LogP contribution in [0, 0.1) is 12.8 Å². The Balaban J connectivity index is 1.26. The predicted molar refractivity (Wildman–Crippen MR) is 242 cm³/mol. The van der Waals surface area contributed by atoms with Crippen LogP contribution >= 0.6 is 0 Å². The van der Waals surface area contributed by atoms with Gasteiger partial charge in [-0.1, -0.05) is 101 Å². The minimum absolute atomic E-state index is 0.101. The van der Waals surface area contributed by atoms with Crippen LogP contribution in [0.15, 0.2) is 91.0 Å². The first-order chi connectivity index (χ1) is 29.2. The third-order valence-corrected chi connectivity index (χ3v) is 13.3. The van der Waals surface area contributed by atoms with Crippen LogP contribution in [0.2, 0.25) is 0 Å². The van der Waals surface area contributed by atoms with E-state index in [1.54, 1.807) is 0 Å². The molecule has 0 saturated heterocycles. The van der Waals surface area contributed by atoms with Gasteiger partial charge in [0.05, 0.1) is 31.5 Å². The summed E-state index contributed by atoms with van der Waals surface area (Å²) in [6.45, 7) is 8.93. The van der Waals surface area contributed by atoms with Crippen LogP contribution in [-0.4, -0.2) is 34.0 Å². The van der Waals surface area contributed by atoms with Gasteiger partial charge in [-0.2, -0.15) is 0 Å². The van der Waals surface area contributed by atoms with Gasteiger partial charge in [0, 0.05) is 6.61 Å². The average molecular weight is 809 g/mol. The monoisotopic (exact) mass is 808 g/mol. The SMILES string of the molecule is CCCOC1CCC(c2ccc(-c3cc(C(=O)Oc4ccc(-c5ccc(CCC)cc5)cc4)c(-c4ccc(C5CCC(C)CC5)c(CO)c4)c(C)c3CO)cc2CO)CC1. The number of aliphatic hydroxyl groups excluding tert-OH is 3. The number of aryl methyl sites for hydroxylation is 1. The Morgan fingerprint density at radius 3 is 1.75 bits per heavy atom. The summed E-state index contributed by atoms with van der Waals surface area (Å²) in [4.78, 5) is 14.6. The third kappa shape index (κ3) is 9.79. The minimum Gasteiger partial charge on any atom is -0.423 e. The van der Waals surface area contributed by atoms with E-state index < -0.39 is 5.97 Å². The number of rotatable bonds is 15. The van der Waals surface area contributed by atoms with Crippen LogP contribution in [0.25, 0.3) is 33.4 Å². The lowest BCUT2D eigenvalue weighted by Gasteiger charge is -2.30. The maximum absolute atomic E-state index is 14.6. The highest BCUT2D eigenvalue weighted by atomic mass is 16.5. The summed E-state index contributed by atoms with van der Waals surface area (Å²) in [6, 6.07) is 30.5. The molecule has 5 aromatic carbocycles. The number of esters is 1. The summed E-state index contributed by atoms with van der Waals surface area (Å²) in [5.74, 6) is 1.37. The molecule has 316 valence electrons. The maximum atomic E-state index is 14.6. The van der Waals surface area contributed by atoms with Crippen molar-refractivity contribution in [2.45, 2.75) is 136 Å². The van der Waals surface area contributed by atoms with Gasteiger partial charge in [-0.05, 0) is 179 Å². The topological polar surface area (TPSA) is 96.2 Å². The first kappa shape index (κ1) is 43.5. The molecular weight excluding hydrogens is 745 g/mol. The van der Waals surface area contributed by atoms with Crippen molar-refractivity contribution in [1.82, 2.24) is 0 Å². The summed E-state index contributed by atoms with van der Waals surface area (Å²) in [7, 11) is 0. The van der Waals surface area contributed by atoms with Crippen molar-refractivity contribution in [3.8, 4) is 39.1 Å². The van der Waals surface area contributed by atoms with Crippen molar-refractivity contribution < 1.29 is 29.6 Å². The Morgan fingerprint density at radius 2 is 1.18 bits per heavy atom. The van der Waals surface area contributed by atoms with E-state index in [0.29, 0.717) is 46.3 Å². The van der Waals surface area contributed by atoms with Crippen molar-refractivity contribution in [3.63, 3.8) is 0 Å². The first-order valence-corrected chi connectivity index (χ1v) is 22.5. The second kappa shape index (κ2) is 20.3. The Morgan fingerprint density at radius 1 is 0.633 bits per heavy atom. The summed E-state index contributed by atoms with van der Waals surface area (Å²) in [5.41, 5.74) is 12.4. The molecule has 2 aliphatic carbocycles. The van der Waals surface area contributed by atoms with Gasteiger partial charge in [0.25, 0.3) is 0 Å². The minimum atomic E-state index is -0.507. The molecular formula is C54H64O6. The number of hydrogen-bond acceptors (Lipinski definition) is 6. The molecule has 0 bridgehead atoms. The van der Waals surface area contributed by atoms with E-state index >= 15 is 0 Å². The zero-order valence-corrected chi connectivity index (χ0v) is 36.1. The molecule has 0 heterocycles. The second-order valence-corrected chi connectivity index (χ2v) is 17.4. The van der Waals surface area contributed by atoms with Crippen LogP contribution in [0.1, 0.15) is 146 Å². The number of aliphatic hydroxyl groups is 3. The fourth-order valence-corrected chi connectivity index (χ4v) is 9.88. The van der Waals surface area contributed by atoms with Crippen molar-refractivity contribution in [1.29, 1.82) is 0 Å². The molecule has 6 nitrogen and oxygen atoms in total. The van der Waals surface area contributed by atoms with Gasteiger partial charge in [-0.15, -0.1) is 0 Å². The standard InChI is InChI=1S/C54H64O6/c1-5-7-37-10-14-38(15-11-37)39-16-24-47(25-17-39)60-54(58)51-31-50(42-20-26-48(44(29-42)32-55)41-18-22-46(23-19-41)59-28-6-2)52(34-57)36(4)53(51)43-21-27-49(45(30-43)33-56)40-12-8-35(3)9-13-40/h10-11,14-17,20-21,24-27,29-31,35,40-41,46,55-57H,5-9,12-13,18-19,22-23,28,32-34H2,1-4H3. The van der Waals surface area contributed by atoms with E-state index in [9.17, 15) is 20.1 Å².